The summed E-state index contributed by atoms with van der Waals surface area (Å²) < 4.78 is 44.0. The predicted molar refractivity (Wildman–Crippen MR) is 113 cm³/mol. The van der Waals surface area contributed by atoms with Gasteiger partial charge >= 0.3 is 5.97 Å². The highest BCUT2D eigenvalue weighted by atomic mass is 32.2. The van der Waals surface area contributed by atoms with Gasteiger partial charge in [0.1, 0.15) is 11.9 Å². The lowest BCUT2D eigenvalue weighted by Crippen LogP contribution is -2.45. The van der Waals surface area contributed by atoms with Crippen molar-refractivity contribution in [2.24, 2.45) is 0 Å². The van der Waals surface area contributed by atoms with E-state index in [1.54, 1.807) is 0 Å². The highest BCUT2D eigenvalue weighted by Gasteiger charge is 2.29. The first-order valence-electron chi connectivity index (χ1n) is 9.46. The van der Waals surface area contributed by atoms with Gasteiger partial charge in [-0.05, 0) is 55.8 Å². The summed E-state index contributed by atoms with van der Waals surface area (Å²) in [7, 11) is -3.86. The van der Waals surface area contributed by atoms with Gasteiger partial charge < -0.3 is 10.1 Å². The number of nitrogens with zero attached hydrogens (tertiary/aromatic N) is 1. The van der Waals surface area contributed by atoms with Gasteiger partial charge in [-0.3, -0.25) is 9.10 Å². The van der Waals surface area contributed by atoms with Gasteiger partial charge in [0.05, 0.1) is 24.1 Å². The van der Waals surface area contributed by atoms with Crippen molar-refractivity contribution in [3.8, 4) is 0 Å². The molecule has 1 atom stereocenters. The molecule has 9 heteroatoms. The van der Waals surface area contributed by atoms with E-state index in [2.05, 4.69) is 5.32 Å². The van der Waals surface area contributed by atoms with Crippen LogP contribution in [0, 0.1) is 5.82 Å². The van der Waals surface area contributed by atoms with Crippen molar-refractivity contribution in [1.29, 1.82) is 0 Å². The predicted octanol–water partition coefficient (Wildman–Crippen LogP) is 3.58. The monoisotopic (exact) mass is 436 g/mol. The molecule has 0 saturated carbocycles. The molecule has 2 aromatic rings. The minimum atomic E-state index is -3.86. The molecule has 30 heavy (non-hydrogen) atoms. The summed E-state index contributed by atoms with van der Waals surface area (Å²) in [6.45, 7) is 3.74. The number of carbonyl (C=O) groups excluding carboxylic acids is 2. The minimum Gasteiger partial charge on any atom is -0.462 e. The van der Waals surface area contributed by atoms with Gasteiger partial charge in [0.2, 0.25) is 15.9 Å². The van der Waals surface area contributed by atoms with Crippen molar-refractivity contribution in [2.75, 3.05) is 22.5 Å². The second-order valence-corrected chi connectivity index (χ2v) is 8.63. The van der Waals surface area contributed by atoms with E-state index in [1.807, 2.05) is 6.92 Å². The minimum absolute atomic E-state index is 0.0466. The second kappa shape index (κ2) is 10.2. The van der Waals surface area contributed by atoms with Crippen molar-refractivity contribution >= 4 is 33.3 Å². The standard InChI is InChI=1S/C21H25FN2O5S/c1-4-5-13-29-21(26)16-9-11-18(12-10-16)23-20(25)15(2)24(30(3,27)28)19-8-6-7-17(22)14-19/h6-12,14-15H,4-5,13H2,1-3H3,(H,23,25). The summed E-state index contributed by atoms with van der Waals surface area (Å²) in [6.07, 6.45) is 2.64. The van der Waals surface area contributed by atoms with Crippen LogP contribution in [0.4, 0.5) is 15.8 Å². The second-order valence-electron chi connectivity index (χ2n) is 6.77. The lowest BCUT2D eigenvalue weighted by molar-refractivity contribution is -0.116. The zero-order valence-electron chi connectivity index (χ0n) is 17.1. The third-order valence-electron chi connectivity index (χ3n) is 4.27. The molecule has 2 aromatic carbocycles. The molecule has 2 rings (SSSR count). The summed E-state index contributed by atoms with van der Waals surface area (Å²) in [4.78, 5) is 24.6. The van der Waals surface area contributed by atoms with E-state index < -0.39 is 33.8 Å². The van der Waals surface area contributed by atoms with Crippen molar-refractivity contribution in [2.45, 2.75) is 32.7 Å². The number of nitrogens with one attached hydrogen (secondary N) is 1. The highest BCUT2D eigenvalue weighted by Crippen LogP contribution is 2.22. The van der Waals surface area contributed by atoms with Gasteiger partial charge in [0.15, 0.2) is 0 Å². The van der Waals surface area contributed by atoms with E-state index in [4.69, 9.17) is 4.74 Å². The van der Waals surface area contributed by atoms with Crippen LogP contribution < -0.4 is 9.62 Å². The molecule has 0 heterocycles. The largest absolute Gasteiger partial charge is 0.462 e. The fraction of sp³-hybridized carbons (Fsp3) is 0.333. The number of unbranched alkanes of at least 4 members (excludes halogenated alkanes) is 1. The van der Waals surface area contributed by atoms with E-state index in [-0.39, 0.29) is 5.69 Å². The SMILES string of the molecule is CCCCOC(=O)c1ccc(NC(=O)C(C)N(c2cccc(F)c2)S(C)(=O)=O)cc1. The Hall–Kier alpha value is -2.94. The number of halogens is 1. The van der Waals surface area contributed by atoms with Gasteiger partial charge in [-0.15, -0.1) is 0 Å². The molecule has 0 aliphatic rings. The topological polar surface area (TPSA) is 92.8 Å². The molecular formula is C21H25FN2O5S. The van der Waals surface area contributed by atoms with Crippen molar-refractivity contribution in [1.82, 2.24) is 0 Å². The molecule has 0 fully saturated rings. The van der Waals surface area contributed by atoms with E-state index in [9.17, 15) is 22.4 Å². The van der Waals surface area contributed by atoms with E-state index in [0.717, 1.165) is 29.5 Å². The first-order chi connectivity index (χ1) is 14.1. The van der Waals surface area contributed by atoms with Crippen molar-refractivity contribution in [3.63, 3.8) is 0 Å². The molecule has 0 radical (unpaired) electrons. The fourth-order valence-corrected chi connectivity index (χ4v) is 3.92. The third kappa shape index (κ3) is 6.28. The van der Waals surface area contributed by atoms with Crippen molar-refractivity contribution in [3.05, 3.63) is 59.9 Å². The fourth-order valence-electron chi connectivity index (χ4n) is 2.75. The van der Waals surface area contributed by atoms with Crippen LogP contribution >= 0.6 is 0 Å². The number of benzene rings is 2. The Morgan fingerprint density at radius 3 is 2.40 bits per heavy atom. The number of rotatable bonds is 9. The van der Waals surface area contributed by atoms with E-state index >= 15 is 0 Å². The molecule has 0 aromatic heterocycles. The maximum atomic E-state index is 13.6. The van der Waals surface area contributed by atoms with E-state index in [1.165, 1.54) is 49.4 Å². The summed E-state index contributed by atoms with van der Waals surface area (Å²) >= 11 is 0. The van der Waals surface area contributed by atoms with Gasteiger partial charge in [-0.25, -0.2) is 17.6 Å². The van der Waals surface area contributed by atoms with Gasteiger partial charge in [-0.1, -0.05) is 19.4 Å². The normalized spacial score (nSPS) is 12.1. The highest BCUT2D eigenvalue weighted by molar-refractivity contribution is 7.92. The molecule has 1 unspecified atom stereocenters. The average Bonchev–Trinajstić information content (AvgIpc) is 2.67. The van der Waals surface area contributed by atoms with Crippen LogP contribution in [-0.2, 0) is 19.6 Å². The van der Waals surface area contributed by atoms with Gasteiger partial charge in [-0.2, -0.15) is 0 Å². The number of hydrogen-bond acceptors (Lipinski definition) is 5. The number of sulfonamides is 1. The van der Waals surface area contributed by atoms with E-state index in [0.29, 0.717) is 17.9 Å². The Kier molecular flexibility index (Phi) is 7.93. The molecule has 7 nitrogen and oxygen atoms in total. The van der Waals surface area contributed by atoms with Crippen LogP contribution in [0.3, 0.4) is 0 Å². The van der Waals surface area contributed by atoms with Crippen LogP contribution in [0.15, 0.2) is 48.5 Å². The first-order valence-corrected chi connectivity index (χ1v) is 11.3. The molecule has 0 aliphatic heterocycles. The van der Waals surface area contributed by atoms with Crippen LogP contribution in [0.5, 0.6) is 0 Å². The molecule has 0 bridgehead atoms. The maximum absolute atomic E-state index is 13.6. The quantitative estimate of drug-likeness (QED) is 0.479. The van der Waals surface area contributed by atoms with Gasteiger partial charge in [0, 0.05) is 5.69 Å². The lowest BCUT2D eigenvalue weighted by Gasteiger charge is -2.28. The molecule has 1 N–H and O–H groups in total. The number of hydrogen-bond donors (Lipinski definition) is 1. The molecule has 162 valence electrons. The molecule has 0 spiro atoms. The maximum Gasteiger partial charge on any atom is 0.338 e. The first kappa shape index (κ1) is 23.3. The average molecular weight is 437 g/mol. The number of esters is 1. The molecule has 0 aliphatic carbocycles. The Morgan fingerprint density at radius 1 is 1.17 bits per heavy atom. The van der Waals surface area contributed by atoms with Crippen LogP contribution in [0.25, 0.3) is 0 Å². The smallest absolute Gasteiger partial charge is 0.338 e. The van der Waals surface area contributed by atoms with Crippen molar-refractivity contribution < 1.29 is 27.1 Å². The van der Waals surface area contributed by atoms with Gasteiger partial charge in [0.25, 0.3) is 0 Å². The molecular weight excluding hydrogens is 411 g/mol. The summed E-state index contributed by atoms with van der Waals surface area (Å²) in [5, 5.41) is 2.61. The zero-order chi connectivity index (χ0) is 22.3. The Balaban J connectivity index is 2.12. The number of anilines is 2. The Bertz CT molecular complexity index is 993. The number of ether oxygens (including phenoxy) is 1. The summed E-state index contributed by atoms with van der Waals surface area (Å²) in [6, 6.07) is 9.93. The Labute approximate surface area is 175 Å². The lowest BCUT2D eigenvalue weighted by atomic mass is 10.2. The third-order valence-corrected chi connectivity index (χ3v) is 5.51. The number of amides is 1. The van der Waals surface area contributed by atoms with Crippen LogP contribution in [-0.4, -0.2) is 39.2 Å². The summed E-state index contributed by atoms with van der Waals surface area (Å²) in [5.41, 5.74) is 0.768. The van der Waals surface area contributed by atoms with Crippen LogP contribution in [0.1, 0.15) is 37.0 Å². The zero-order valence-corrected chi connectivity index (χ0v) is 17.9. The summed E-state index contributed by atoms with van der Waals surface area (Å²) in [5.74, 6) is -1.68. The van der Waals surface area contributed by atoms with Crippen LogP contribution in [0.2, 0.25) is 0 Å². The number of carbonyl (C=O) groups is 2. The molecule has 1 amide bonds. The Morgan fingerprint density at radius 2 is 1.83 bits per heavy atom. The molecule has 0 saturated heterocycles.